The normalized spacial score (nSPS) is 11.0. The molecule has 0 saturated heterocycles. The predicted molar refractivity (Wildman–Crippen MR) is 81.6 cm³/mol. The van der Waals surface area contributed by atoms with Crippen molar-refractivity contribution in [1.29, 1.82) is 0 Å². The van der Waals surface area contributed by atoms with Crippen LogP contribution in [-0.2, 0) is 16.1 Å². The number of hydrogen-bond acceptors (Lipinski definition) is 4. The fourth-order valence-electron chi connectivity index (χ4n) is 1.81. The molecule has 0 spiro atoms. The minimum Gasteiger partial charge on any atom is -0.456 e. The Morgan fingerprint density at radius 2 is 1.73 bits per heavy atom. The summed E-state index contributed by atoms with van der Waals surface area (Å²) in [5.41, 5.74) is 0.392. The SMILES string of the molecule is CC(C)(C)OC(=O)n1cccc1C(=O)OCc1ccccc1. The van der Waals surface area contributed by atoms with Gasteiger partial charge in [-0.15, -0.1) is 0 Å². The van der Waals surface area contributed by atoms with Gasteiger partial charge in [0.1, 0.15) is 17.9 Å². The van der Waals surface area contributed by atoms with Crippen molar-refractivity contribution in [2.75, 3.05) is 0 Å². The molecule has 0 aliphatic heterocycles. The van der Waals surface area contributed by atoms with Crippen molar-refractivity contribution in [1.82, 2.24) is 4.57 Å². The van der Waals surface area contributed by atoms with Crippen LogP contribution in [0.4, 0.5) is 4.79 Å². The molecule has 1 heterocycles. The number of rotatable bonds is 3. The summed E-state index contributed by atoms with van der Waals surface area (Å²) >= 11 is 0. The first kappa shape index (κ1) is 15.8. The van der Waals surface area contributed by atoms with E-state index in [1.54, 1.807) is 26.8 Å². The molecule has 0 aliphatic carbocycles. The number of hydrogen-bond donors (Lipinski definition) is 0. The van der Waals surface area contributed by atoms with Crippen molar-refractivity contribution in [3.63, 3.8) is 0 Å². The summed E-state index contributed by atoms with van der Waals surface area (Å²) in [5, 5.41) is 0. The number of esters is 1. The highest BCUT2D eigenvalue weighted by Crippen LogP contribution is 2.13. The van der Waals surface area contributed by atoms with Gasteiger partial charge in [-0.25, -0.2) is 14.2 Å². The summed E-state index contributed by atoms with van der Waals surface area (Å²) in [6.07, 6.45) is 0.872. The molecule has 5 nitrogen and oxygen atoms in total. The van der Waals surface area contributed by atoms with Gasteiger partial charge in [-0.1, -0.05) is 30.3 Å². The lowest BCUT2D eigenvalue weighted by atomic mass is 10.2. The zero-order valence-electron chi connectivity index (χ0n) is 12.9. The van der Waals surface area contributed by atoms with Crippen LogP contribution in [0.25, 0.3) is 0 Å². The third-order valence-electron chi connectivity index (χ3n) is 2.76. The Morgan fingerprint density at radius 3 is 2.36 bits per heavy atom. The fourth-order valence-corrected chi connectivity index (χ4v) is 1.81. The first-order chi connectivity index (χ1) is 10.4. The van der Waals surface area contributed by atoms with Gasteiger partial charge in [0, 0.05) is 6.20 Å². The van der Waals surface area contributed by atoms with Crippen molar-refractivity contribution in [2.45, 2.75) is 33.0 Å². The minimum atomic E-state index is -0.632. The molecule has 0 N–H and O–H groups in total. The highest BCUT2D eigenvalue weighted by molar-refractivity contribution is 5.92. The standard InChI is InChI=1S/C17H19NO4/c1-17(2,3)22-16(20)18-11-7-10-14(18)15(19)21-12-13-8-5-4-6-9-13/h4-11H,12H2,1-3H3. The van der Waals surface area contributed by atoms with E-state index >= 15 is 0 Å². The number of aromatic nitrogens is 1. The van der Waals surface area contributed by atoms with Gasteiger partial charge in [-0.2, -0.15) is 0 Å². The van der Waals surface area contributed by atoms with E-state index in [1.165, 1.54) is 12.3 Å². The zero-order chi connectivity index (χ0) is 16.2. The molecule has 0 radical (unpaired) electrons. The second kappa shape index (κ2) is 6.47. The topological polar surface area (TPSA) is 57.5 Å². The van der Waals surface area contributed by atoms with Gasteiger partial charge < -0.3 is 9.47 Å². The molecule has 0 fully saturated rings. The van der Waals surface area contributed by atoms with Crippen molar-refractivity contribution < 1.29 is 19.1 Å². The number of nitrogens with zero attached hydrogens (tertiary/aromatic N) is 1. The van der Waals surface area contributed by atoms with E-state index in [1.807, 2.05) is 30.3 Å². The van der Waals surface area contributed by atoms with Crippen LogP contribution in [0.5, 0.6) is 0 Å². The van der Waals surface area contributed by atoms with Crippen LogP contribution in [0.1, 0.15) is 36.8 Å². The van der Waals surface area contributed by atoms with Crippen LogP contribution in [0.2, 0.25) is 0 Å². The quantitative estimate of drug-likeness (QED) is 0.812. The molecule has 0 unspecified atom stereocenters. The van der Waals surface area contributed by atoms with Crippen molar-refractivity contribution in [2.24, 2.45) is 0 Å². The zero-order valence-corrected chi connectivity index (χ0v) is 12.9. The van der Waals surface area contributed by atoms with E-state index in [-0.39, 0.29) is 12.3 Å². The van der Waals surface area contributed by atoms with Crippen LogP contribution in [0.15, 0.2) is 48.7 Å². The molecular formula is C17H19NO4. The number of carbonyl (C=O) groups excluding carboxylic acids is 2. The third kappa shape index (κ3) is 4.22. The van der Waals surface area contributed by atoms with E-state index in [0.717, 1.165) is 10.1 Å². The summed E-state index contributed by atoms with van der Waals surface area (Å²) in [4.78, 5) is 24.2. The monoisotopic (exact) mass is 301 g/mol. The van der Waals surface area contributed by atoms with Crippen molar-refractivity contribution in [3.8, 4) is 0 Å². The number of carbonyl (C=O) groups is 2. The first-order valence-corrected chi connectivity index (χ1v) is 6.98. The molecule has 2 aromatic rings. The van der Waals surface area contributed by atoms with Gasteiger partial charge in [-0.05, 0) is 38.5 Å². The Bertz CT molecular complexity index is 653. The molecule has 22 heavy (non-hydrogen) atoms. The average Bonchev–Trinajstić information content (AvgIpc) is 2.93. The minimum absolute atomic E-state index is 0.144. The predicted octanol–water partition coefficient (Wildman–Crippen LogP) is 3.63. The van der Waals surface area contributed by atoms with Gasteiger partial charge in [0.05, 0.1) is 0 Å². The molecule has 5 heteroatoms. The van der Waals surface area contributed by atoms with Gasteiger partial charge >= 0.3 is 12.1 Å². The maximum atomic E-state index is 12.1. The van der Waals surface area contributed by atoms with E-state index in [4.69, 9.17) is 9.47 Å². The Morgan fingerprint density at radius 1 is 1.05 bits per heavy atom. The summed E-state index contributed by atoms with van der Waals surface area (Å²) in [7, 11) is 0. The Kier molecular flexibility index (Phi) is 4.65. The lowest BCUT2D eigenvalue weighted by molar-refractivity contribution is 0.0415. The van der Waals surface area contributed by atoms with Gasteiger partial charge in [-0.3, -0.25) is 0 Å². The van der Waals surface area contributed by atoms with Gasteiger partial charge in [0.15, 0.2) is 0 Å². The molecule has 0 bridgehead atoms. The third-order valence-corrected chi connectivity index (χ3v) is 2.76. The summed E-state index contributed by atoms with van der Waals surface area (Å²) in [6, 6.07) is 12.5. The smallest absolute Gasteiger partial charge is 0.419 e. The molecule has 1 aromatic carbocycles. The van der Waals surface area contributed by atoms with E-state index in [9.17, 15) is 9.59 Å². The largest absolute Gasteiger partial charge is 0.456 e. The van der Waals surface area contributed by atoms with E-state index in [0.29, 0.717) is 0 Å². The molecule has 0 amide bonds. The lowest BCUT2D eigenvalue weighted by Gasteiger charge is -2.20. The first-order valence-electron chi connectivity index (χ1n) is 6.98. The van der Waals surface area contributed by atoms with E-state index in [2.05, 4.69) is 0 Å². The van der Waals surface area contributed by atoms with Gasteiger partial charge in [0.25, 0.3) is 0 Å². The van der Waals surface area contributed by atoms with Crippen molar-refractivity contribution >= 4 is 12.1 Å². The lowest BCUT2D eigenvalue weighted by Crippen LogP contribution is -2.28. The Labute approximate surface area is 129 Å². The Balaban J connectivity index is 2.05. The average molecular weight is 301 g/mol. The highest BCUT2D eigenvalue weighted by Gasteiger charge is 2.22. The van der Waals surface area contributed by atoms with Crippen LogP contribution < -0.4 is 0 Å². The molecular weight excluding hydrogens is 282 g/mol. The molecule has 116 valence electrons. The number of ether oxygens (including phenoxy) is 2. The Hall–Kier alpha value is -2.56. The molecule has 2 rings (SSSR count). The summed E-state index contributed by atoms with van der Waals surface area (Å²) in [6.45, 7) is 5.45. The summed E-state index contributed by atoms with van der Waals surface area (Å²) < 4.78 is 11.6. The second-order valence-electron chi connectivity index (χ2n) is 5.81. The summed E-state index contributed by atoms with van der Waals surface area (Å²) in [5.74, 6) is -0.570. The van der Waals surface area contributed by atoms with Crippen LogP contribution in [0.3, 0.4) is 0 Å². The van der Waals surface area contributed by atoms with E-state index < -0.39 is 17.7 Å². The number of benzene rings is 1. The maximum absolute atomic E-state index is 12.1. The molecule has 0 atom stereocenters. The molecule has 0 aliphatic rings. The van der Waals surface area contributed by atoms with Crippen LogP contribution in [0, 0.1) is 0 Å². The maximum Gasteiger partial charge on any atom is 0.419 e. The van der Waals surface area contributed by atoms with Crippen LogP contribution >= 0.6 is 0 Å². The molecule has 1 aromatic heterocycles. The second-order valence-corrected chi connectivity index (χ2v) is 5.81. The highest BCUT2D eigenvalue weighted by atomic mass is 16.6. The van der Waals surface area contributed by atoms with Crippen LogP contribution in [-0.4, -0.2) is 22.2 Å². The van der Waals surface area contributed by atoms with Crippen molar-refractivity contribution in [3.05, 3.63) is 59.9 Å². The fraction of sp³-hybridized carbons (Fsp3) is 0.294. The van der Waals surface area contributed by atoms with Gasteiger partial charge in [0.2, 0.25) is 0 Å². The molecule has 0 saturated carbocycles.